The molecule has 2 saturated carbocycles. The minimum atomic E-state index is 0.0363. The van der Waals surface area contributed by atoms with Gasteiger partial charge in [0, 0.05) is 24.3 Å². The molecule has 0 radical (unpaired) electrons. The van der Waals surface area contributed by atoms with Crippen molar-refractivity contribution in [2.24, 2.45) is 5.73 Å². The molecule has 0 spiro atoms. The van der Waals surface area contributed by atoms with Crippen LogP contribution in [0.4, 0.5) is 0 Å². The van der Waals surface area contributed by atoms with Crippen LogP contribution in [0.3, 0.4) is 0 Å². The van der Waals surface area contributed by atoms with Crippen LogP contribution in [-0.2, 0) is 0 Å². The zero-order valence-corrected chi connectivity index (χ0v) is 10.6. The smallest absolute Gasteiger partial charge is 0.268 e. The summed E-state index contributed by atoms with van der Waals surface area (Å²) < 4.78 is 2.10. The second kappa shape index (κ2) is 4.76. The molecule has 0 bridgehead atoms. The molecular formula is C14H21N3O. The van der Waals surface area contributed by atoms with Crippen molar-refractivity contribution in [1.82, 2.24) is 9.88 Å². The van der Waals surface area contributed by atoms with E-state index in [1.807, 2.05) is 18.3 Å². The molecule has 1 aromatic heterocycles. The van der Waals surface area contributed by atoms with E-state index in [2.05, 4.69) is 9.88 Å². The average Bonchev–Trinajstić information content (AvgIpc) is 3.09. The Labute approximate surface area is 108 Å². The fraction of sp³-hybridized carbons (Fsp3) is 0.643. The van der Waals surface area contributed by atoms with Crippen LogP contribution in [0.1, 0.15) is 55.1 Å². The third kappa shape index (κ3) is 2.29. The van der Waals surface area contributed by atoms with Crippen LogP contribution in [0.2, 0.25) is 0 Å². The maximum absolute atomic E-state index is 12.3. The highest BCUT2D eigenvalue weighted by Gasteiger charge is 2.29. The number of nitrogens with two attached hydrogens (primary N) is 1. The number of nitrogens with zero attached hydrogens (tertiary/aromatic N) is 1. The predicted molar refractivity (Wildman–Crippen MR) is 70.4 cm³/mol. The van der Waals surface area contributed by atoms with Gasteiger partial charge in [-0.1, -0.05) is 12.8 Å². The van der Waals surface area contributed by atoms with Gasteiger partial charge in [0.15, 0.2) is 0 Å². The van der Waals surface area contributed by atoms with Gasteiger partial charge in [-0.25, -0.2) is 0 Å². The van der Waals surface area contributed by atoms with E-state index in [9.17, 15) is 4.79 Å². The monoisotopic (exact) mass is 247 g/mol. The Bertz CT molecular complexity index is 436. The Morgan fingerprint density at radius 1 is 1.28 bits per heavy atom. The molecule has 2 atom stereocenters. The standard InChI is InChI=1S/C14H21N3O/c15-11-4-1-2-5-12(11)16-14(18)13-6-3-9-17(13)10-7-8-10/h3,6,9-12H,1-2,4-5,7-8,15H2,(H,16,18)/t11-,12-/m1/s1. The molecule has 0 unspecified atom stereocenters. The summed E-state index contributed by atoms with van der Waals surface area (Å²) in [6, 6.07) is 4.66. The Hall–Kier alpha value is -1.29. The molecular weight excluding hydrogens is 226 g/mol. The van der Waals surface area contributed by atoms with E-state index in [1.165, 1.54) is 25.7 Å². The maximum atomic E-state index is 12.3. The Morgan fingerprint density at radius 3 is 2.78 bits per heavy atom. The first kappa shape index (κ1) is 11.8. The van der Waals surface area contributed by atoms with E-state index in [4.69, 9.17) is 5.73 Å². The van der Waals surface area contributed by atoms with E-state index in [-0.39, 0.29) is 18.0 Å². The fourth-order valence-corrected chi connectivity index (χ4v) is 2.84. The summed E-state index contributed by atoms with van der Waals surface area (Å²) >= 11 is 0. The highest BCUT2D eigenvalue weighted by molar-refractivity contribution is 5.93. The minimum Gasteiger partial charge on any atom is -0.346 e. The van der Waals surface area contributed by atoms with Gasteiger partial charge in [-0.15, -0.1) is 0 Å². The largest absolute Gasteiger partial charge is 0.346 e. The van der Waals surface area contributed by atoms with Crippen molar-refractivity contribution in [1.29, 1.82) is 0 Å². The average molecular weight is 247 g/mol. The molecule has 4 nitrogen and oxygen atoms in total. The molecule has 18 heavy (non-hydrogen) atoms. The van der Waals surface area contributed by atoms with E-state index in [0.717, 1.165) is 18.5 Å². The number of hydrogen-bond donors (Lipinski definition) is 2. The predicted octanol–water partition coefficient (Wildman–Crippen LogP) is 1.82. The lowest BCUT2D eigenvalue weighted by molar-refractivity contribution is 0.0911. The molecule has 0 saturated heterocycles. The van der Waals surface area contributed by atoms with Crippen LogP contribution >= 0.6 is 0 Å². The summed E-state index contributed by atoms with van der Waals surface area (Å²) in [4.78, 5) is 12.3. The summed E-state index contributed by atoms with van der Waals surface area (Å²) in [5.41, 5.74) is 6.86. The number of amides is 1. The minimum absolute atomic E-state index is 0.0363. The number of aromatic nitrogens is 1. The van der Waals surface area contributed by atoms with Crippen molar-refractivity contribution in [2.45, 2.75) is 56.7 Å². The molecule has 1 amide bonds. The molecule has 3 rings (SSSR count). The summed E-state index contributed by atoms with van der Waals surface area (Å²) in [6.07, 6.45) is 8.78. The molecule has 4 heteroatoms. The van der Waals surface area contributed by atoms with Crippen molar-refractivity contribution >= 4 is 5.91 Å². The lowest BCUT2D eigenvalue weighted by Gasteiger charge is -2.29. The van der Waals surface area contributed by atoms with Crippen LogP contribution in [0, 0.1) is 0 Å². The van der Waals surface area contributed by atoms with Gasteiger partial charge in [0.25, 0.3) is 5.91 Å². The third-order valence-electron chi connectivity index (χ3n) is 4.09. The highest BCUT2D eigenvalue weighted by atomic mass is 16.2. The van der Waals surface area contributed by atoms with E-state index >= 15 is 0 Å². The first-order valence-electron chi connectivity index (χ1n) is 6.99. The van der Waals surface area contributed by atoms with E-state index in [1.54, 1.807) is 0 Å². The summed E-state index contributed by atoms with van der Waals surface area (Å²) in [6.45, 7) is 0. The van der Waals surface area contributed by atoms with E-state index in [0.29, 0.717) is 6.04 Å². The number of nitrogens with one attached hydrogen (secondary N) is 1. The Morgan fingerprint density at radius 2 is 2.06 bits per heavy atom. The van der Waals surface area contributed by atoms with Crippen molar-refractivity contribution in [3.05, 3.63) is 24.0 Å². The number of rotatable bonds is 3. The third-order valence-corrected chi connectivity index (χ3v) is 4.09. The van der Waals surface area contributed by atoms with Gasteiger partial charge < -0.3 is 15.6 Å². The van der Waals surface area contributed by atoms with Crippen LogP contribution in [0.25, 0.3) is 0 Å². The molecule has 2 aliphatic rings. The quantitative estimate of drug-likeness (QED) is 0.856. The second-order valence-electron chi connectivity index (χ2n) is 5.56. The van der Waals surface area contributed by atoms with Crippen LogP contribution in [0.5, 0.6) is 0 Å². The van der Waals surface area contributed by atoms with Gasteiger partial charge >= 0.3 is 0 Å². The Kier molecular flexibility index (Phi) is 3.12. The molecule has 1 heterocycles. The first-order chi connectivity index (χ1) is 8.75. The van der Waals surface area contributed by atoms with Crippen molar-refractivity contribution in [3.63, 3.8) is 0 Å². The lowest BCUT2D eigenvalue weighted by atomic mass is 9.91. The lowest BCUT2D eigenvalue weighted by Crippen LogP contribution is -2.49. The normalized spacial score (nSPS) is 28.1. The molecule has 0 aromatic carbocycles. The molecule has 2 fully saturated rings. The van der Waals surface area contributed by atoms with Gasteiger partial charge in [0.2, 0.25) is 0 Å². The van der Waals surface area contributed by atoms with Crippen LogP contribution in [-0.4, -0.2) is 22.6 Å². The first-order valence-corrected chi connectivity index (χ1v) is 6.99. The molecule has 1 aromatic rings. The van der Waals surface area contributed by atoms with Gasteiger partial charge in [0.05, 0.1) is 0 Å². The summed E-state index contributed by atoms with van der Waals surface area (Å²) in [5.74, 6) is 0.0363. The summed E-state index contributed by atoms with van der Waals surface area (Å²) in [7, 11) is 0. The Balaban J connectivity index is 1.68. The molecule has 3 N–H and O–H groups in total. The van der Waals surface area contributed by atoms with E-state index < -0.39 is 0 Å². The number of carbonyl (C=O) groups excluding carboxylic acids is 1. The second-order valence-corrected chi connectivity index (χ2v) is 5.56. The van der Waals surface area contributed by atoms with Crippen molar-refractivity contribution in [2.75, 3.05) is 0 Å². The maximum Gasteiger partial charge on any atom is 0.268 e. The van der Waals surface area contributed by atoms with Gasteiger partial charge in [-0.2, -0.15) is 0 Å². The van der Waals surface area contributed by atoms with Crippen LogP contribution < -0.4 is 11.1 Å². The van der Waals surface area contributed by atoms with Crippen LogP contribution in [0.15, 0.2) is 18.3 Å². The van der Waals surface area contributed by atoms with Gasteiger partial charge in [-0.3, -0.25) is 4.79 Å². The van der Waals surface area contributed by atoms with Crippen molar-refractivity contribution in [3.8, 4) is 0 Å². The molecule has 2 aliphatic carbocycles. The molecule has 0 aliphatic heterocycles. The number of carbonyl (C=O) groups is 1. The zero-order valence-electron chi connectivity index (χ0n) is 10.6. The topological polar surface area (TPSA) is 60.0 Å². The summed E-state index contributed by atoms with van der Waals surface area (Å²) in [5, 5.41) is 3.11. The van der Waals surface area contributed by atoms with Gasteiger partial charge in [0.1, 0.15) is 5.69 Å². The fourth-order valence-electron chi connectivity index (χ4n) is 2.84. The van der Waals surface area contributed by atoms with Crippen molar-refractivity contribution < 1.29 is 4.79 Å². The molecule has 98 valence electrons. The number of hydrogen-bond acceptors (Lipinski definition) is 2. The SMILES string of the molecule is N[C@@H]1CCCC[C@H]1NC(=O)c1cccn1C1CC1. The van der Waals surface area contributed by atoms with Gasteiger partial charge in [-0.05, 0) is 37.8 Å². The zero-order chi connectivity index (χ0) is 12.5. The highest BCUT2D eigenvalue weighted by Crippen LogP contribution is 2.36.